The normalized spacial score (nSPS) is 26.3. The molecule has 2 aliphatic heterocycles. The van der Waals surface area contributed by atoms with E-state index in [4.69, 9.17) is 9.47 Å². The van der Waals surface area contributed by atoms with E-state index in [2.05, 4.69) is 9.80 Å². The van der Waals surface area contributed by atoms with Crippen molar-refractivity contribution < 1.29 is 14.3 Å². The molecule has 0 aromatic carbocycles. The lowest BCUT2D eigenvalue weighted by Gasteiger charge is -2.38. The van der Waals surface area contributed by atoms with Crippen LogP contribution in [0.2, 0.25) is 0 Å². The fourth-order valence-corrected chi connectivity index (χ4v) is 2.96. The maximum Gasteiger partial charge on any atom is 0.222 e. The highest BCUT2D eigenvalue weighted by Gasteiger charge is 2.31. The van der Waals surface area contributed by atoms with Crippen LogP contribution in [-0.4, -0.2) is 68.4 Å². The van der Waals surface area contributed by atoms with E-state index >= 15 is 0 Å². The smallest absolute Gasteiger partial charge is 0.222 e. The lowest BCUT2D eigenvalue weighted by molar-refractivity contribution is -0.133. The Hall–Kier alpha value is -0.650. The molecule has 2 rings (SSSR count). The predicted molar refractivity (Wildman–Crippen MR) is 68.2 cm³/mol. The lowest BCUT2D eigenvalue weighted by atomic mass is 10.0. The summed E-state index contributed by atoms with van der Waals surface area (Å²) in [6.45, 7) is 3.75. The van der Waals surface area contributed by atoms with Crippen LogP contribution in [0.25, 0.3) is 0 Å². The van der Waals surface area contributed by atoms with Crippen molar-refractivity contribution in [3.05, 3.63) is 0 Å². The van der Waals surface area contributed by atoms with Crippen LogP contribution in [0.3, 0.4) is 0 Å². The molecular weight excluding hydrogens is 232 g/mol. The van der Waals surface area contributed by atoms with E-state index < -0.39 is 0 Å². The Morgan fingerprint density at radius 1 is 1.28 bits per heavy atom. The van der Waals surface area contributed by atoms with Crippen molar-refractivity contribution in [2.75, 3.05) is 40.4 Å². The summed E-state index contributed by atoms with van der Waals surface area (Å²) in [6, 6.07) is 0.392. The number of amides is 1. The van der Waals surface area contributed by atoms with Gasteiger partial charge >= 0.3 is 0 Å². The number of piperidine rings is 1. The van der Waals surface area contributed by atoms with Crippen LogP contribution in [0.15, 0.2) is 0 Å². The Balaban J connectivity index is 1.86. The highest BCUT2D eigenvalue weighted by atomic mass is 16.7. The number of nitrogens with zero attached hydrogens (tertiary/aromatic N) is 2. The van der Waals surface area contributed by atoms with E-state index in [-0.39, 0.29) is 6.29 Å². The number of carbonyl (C=O) groups excluding carboxylic acids is 1. The molecule has 1 atom stereocenters. The van der Waals surface area contributed by atoms with Crippen molar-refractivity contribution in [2.24, 2.45) is 0 Å². The summed E-state index contributed by atoms with van der Waals surface area (Å²) in [5, 5.41) is 0. The van der Waals surface area contributed by atoms with Gasteiger partial charge in [-0.25, -0.2) is 0 Å². The van der Waals surface area contributed by atoms with E-state index in [1.54, 1.807) is 14.2 Å². The Kier molecular flexibility index (Phi) is 4.97. The van der Waals surface area contributed by atoms with Crippen molar-refractivity contribution in [3.8, 4) is 0 Å². The van der Waals surface area contributed by atoms with Gasteiger partial charge in [-0.05, 0) is 25.8 Å². The molecule has 0 radical (unpaired) electrons. The number of likely N-dealkylation sites (tertiary alicyclic amines) is 2. The van der Waals surface area contributed by atoms with Crippen LogP contribution in [-0.2, 0) is 14.3 Å². The molecule has 0 aliphatic carbocycles. The van der Waals surface area contributed by atoms with Crippen LogP contribution in [0.1, 0.15) is 25.7 Å². The van der Waals surface area contributed by atoms with Gasteiger partial charge < -0.3 is 14.4 Å². The van der Waals surface area contributed by atoms with Gasteiger partial charge in [-0.2, -0.15) is 0 Å². The van der Waals surface area contributed by atoms with Gasteiger partial charge in [-0.3, -0.25) is 9.69 Å². The molecule has 0 saturated carbocycles. The zero-order chi connectivity index (χ0) is 13.0. The molecule has 5 nitrogen and oxygen atoms in total. The van der Waals surface area contributed by atoms with Gasteiger partial charge in [-0.1, -0.05) is 0 Å². The van der Waals surface area contributed by atoms with Crippen molar-refractivity contribution in [1.82, 2.24) is 9.80 Å². The molecule has 2 fully saturated rings. The number of methoxy groups -OCH3 is 2. The Morgan fingerprint density at radius 3 is 2.67 bits per heavy atom. The highest BCUT2D eigenvalue weighted by Crippen LogP contribution is 2.21. The average Bonchev–Trinajstić information content (AvgIpc) is 2.82. The zero-order valence-electron chi connectivity index (χ0n) is 11.4. The Labute approximate surface area is 109 Å². The second-order valence-electron chi connectivity index (χ2n) is 5.15. The van der Waals surface area contributed by atoms with E-state index in [1.165, 1.54) is 0 Å². The van der Waals surface area contributed by atoms with Crippen LogP contribution >= 0.6 is 0 Å². The molecule has 0 aromatic rings. The van der Waals surface area contributed by atoms with Gasteiger partial charge in [0.1, 0.15) is 0 Å². The largest absolute Gasteiger partial charge is 0.355 e. The minimum atomic E-state index is -0.168. The predicted octanol–water partition coefficient (Wildman–Crippen LogP) is 0.692. The summed E-state index contributed by atoms with van der Waals surface area (Å²) in [5.74, 6) is 0.330. The van der Waals surface area contributed by atoms with E-state index in [0.29, 0.717) is 11.9 Å². The van der Waals surface area contributed by atoms with E-state index in [1.807, 2.05) is 0 Å². The molecule has 2 saturated heterocycles. The molecule has 0 N–H and O–H groups in total. The maximum atomic E-state index is 11.8. The van der Waals surface area contributed by atoms with Gasteiger partial charge in [0.15, 0.2) is 6.29 Å². The molecule has 0 bridgehead atoms. The van der Waals surface area contributed by atoms with Gasteiger partial charge in [0.25, 0.3) is 0 Å². The summed E-state index contributed by atoms with van der Waals surface area (Å²) in [7, 11) is 3.33. The standard InChI is InChI=1S/C13H24N2O3/c1-17-13(18-2)10-14-7-3-5-11(9-14)15-8-4-6-12(15)16/h11,13H,3-10H2,1-2H3/t11-/m1/s1. The van der Waals surface area contributed by atoms with Crippen molar-refractivity contribution in [2.45, 2.75) is 38.0 Å². The number of hydrogen-bond donors (Lipinski definition) is 0. The summed E-state index contributed by atoms with van der Waals surface area (Å²) in [4.78, 5) is 16.2. The third-order valence-electron chi connectivity index (χ3n) is 3.96. The number of carbonyl (C=O) groups is 1. The van der Waals surface area contributed by atoms with Crippen molar-refractivity contribution >= 4 is 5.91 Å². The van der Waals surface area contributed by atoms with Gasteiger partial charge in [0.05, 0.1) is 0 Å². The first-order chi connectivity index (χ1) is 8.74. The summed E-state index contributed by atoms with van der Waals surface area (Å²) < 4.78 is 10.5. The highest BCUT2D eigenvalue weighted by molar-refractivity contribution is 5.78. The van der Waals surface area contributed by atoms with Crippen molar-refractivity contribution in [3.63, 3.8) is 0 Å². The summed E-state index contributed by atoms with van der Waals surface area (Å²) in [5.41, 5.74) is 0. The SMILES string of the molecule is COC(CN1CCC[C@@H](N2CCCC2=O)C1)OC. The fraction of sp³-hybridized carbons (Fsp3) is 0.923. The monoisotopic (exact) mass is 256 g/mol. The summed E-state index contributed by atoms with van der Waals surface area (Å²) >= 11 is 0. The molecule has 2 aliphatic rings. The summed E-state index contributed by atoms with van der Waals surface area (Å²) in [6.07, 6.45) is 3.86. The quantitative estimate of drug-likeness (QED) is 0.679. The Morgan fingerprint density at radius 2 is 2.06 bits per heavy atom. The third-order valence-corrected chi connectivity index (χ3v) is 3.96. The van der Waals surface area contributed by atoms with Crippen molar-refractivity contribution in [1.29, 1.82) is 0 Å². The molecule has 2 heterocycles. The average molecular weight is 256 g/mol. The molecule has 0 aromatic heterocycles. The first-order valence-corrected chi connectivity index (χ1v) is 6.82. The van der Waals surface area contributed by atoms with Crippen LogP contribution < -0.4 is 0 Å². The molecular formula is C13H24N2O3. The van der Waals surface area contributed by atoms with E-state index in [0.717, 1.165) is 51.9 Å². The first kappa shape index (κ1) is 13.8. The molecule has 0 spiro atoms. The lowest BCUT2D eigenvalue weighted by Crippen LogP contribution is -2.50. The molecule has 0 unspecified atom stereocenters. The topological polar surface area (TPSA) is 42.0 Å². The van der Waals surface area contributed by atoms with Crippen LogP contribution in [0, 0.1) is 0 Å². The molecule has 1 amide bonds. The molecule has 18 heavy (non-hydrogen) atoms. The second-order valence-corrected chi connectivity index (χ2v) is 5.15. The van der Waals surface area contributed by atoms with Crippen LogP contribution in [0.5, 0.6) is 0 Å². The third kappa shape index (κ3) is 3.22. The zero-order valence-corrected chi connectivity index (χ0v) is 11.4. The van der Waals surface area contributed by atoms with Gasteiger partial charge in [0.2, 0.25) is 5.91 Å². The minimum absolute atomic E-state index is 0.168. The fourth-order valence-electron chi connectivity index (χ4n) is 2.96. The molecule has 104 valence electrons. The van der Waals surface area contributed by atoms with E-state index in [9.17, 15) is 4.79 Å². The minimum Gasteiger partial charge on any atom is -0.355 e. The Bertz CT molecular complexity index is 281. The first-order valence-electron chi connectivity index (χ1n) is 6.82. The number of hydrogen-bond acceptors (Lipinski definition) is 4. The maximum absolute atomic E-state index is 11.8. The molecule has 5 heteroatoms. The van der Waals surface area contributed by atoms with Crippen LogP contribution in [0.4, 0.5) is 0 Å². The number of rotatable bonds is 5. The second kappa shape index (κ2) is 6.50. The van der Waals surface area contributed by atoms with Gasteiger partial charge in [0, 0.05) is 46.3 Å². The van der Waals surface area contributed by atoms with Gasteiger partial charge in [-0.15, -0.1) is 0 Å². The number of ether oxygens (including phenoxy) is 2.